The van der Waals surface area contributed by atoms with Gasteiger partial charge in [0, 0.05) is 11.1 Å². The zero-order valence-electron chi connectivity index (χ0n) is 17.7. The van der Waals surface area contributed by atoms with Gasteiger partial charge < -0.3 is 0 Å². The maximum Gasteiger partial charge on any atom is 0.160 e. The van der Waals surface area contributed by atoms with E-state index in [-0.39, 0.29) is 0 Å². The molecule has 29 heavy (non-hydrogen) atoms. The zero-order chi connectivity index (χ0) is 20.6. The molecule has 1 unspecified atom stereocenters. The van der Waals surface area contributed by atoms with Crippen LogP contribution in [0.25, 0.3) is 0 Å². The number of unbranched alkanes of at least 4 members (excludes halogenated alkanes) is 1. The molecule has 0 saturated heterocycles. The van der Waals surface area contributed by atoms with Crippen molar-refractivity contribution in [3.8, 4) is 11.8 Å². The third-order valence-corrected chi connectivity index (χ3v) is 6.44. The van der Waals surface area contributed by atoms with Crippen LogP contribution in [0, 0.1) is 41.2 Å². The quantitative estimate of drug-likeness (QED) is 0.444. The Labute approximate surface area is 174 Å². The standard InChI is InChI=1S/C27H32F2/c1-3-4-5-21-12-15-25(16-13-21)20(2)18-23-9-6-22(7-10-23)8-11-24-14-17-26(28)27(29)19-24/h6-7,9-10,14,17,19-21,25H,3-5,12-13,15-16,18H2,1-2H3. The van der Waals surface area contributed by atoms with Crippen molar-refractivity contribution in [2.45, 2.75) is 65.2 Å². The second-order valence-electron chi connectivity index (χ2n) is 8.68. The fourth-order valence-electron chi connectivity index (χ4n) is 4.52. The maximum absolute atomic E-state index is 13.3. The van der Waals surface area contributed by atoms with Gasteiger partial charge in [0.15, 0.2) is 11.6 Å². The number of hydrogen-bond acceptors (Lipinski definition) is 0. The van der Waals surface area contributed by atoms with Gasteiger partial charge in [0.1, 0.15) is 0 Å². The van der Waals surface area contributed by atoms with Crippen LogP contribution in [0.5, 0.6) is 0 Å². The summed E-state index contributed by atoms with van der Waals surface area (Å²) < 4.78 is 26.3. The van der Waals surface area contributed by atoms with Gasteiger partial charge in [-0.2, -0.15) is 0 Å². The summed E-state index contributed by atoms with van der Waals surface area (Å²) in [5.41, 5.74) is 2.72. The predicted octanol–water partition coefficient (Wildman–Crippen LogP) is 7.54. The molecule has 0 N–H and O–H groups in total. The molecule has 0 amide bonds. The fourth-order valence-corrected chi connectivity index (χ4v) is 4.52. The first-order valence-corrected chi connectivity index (χ1v) is 11.1. The van der Waals surface area contributed by atoms with Crippen molar-refractivity contribution in [1.82, 2.24) is 0 Å². The molecule has 0 aromatic heterocycles. The number of benzene rings is 2. The summed E-state index contributed by atoms with van der Waals surface area (Å²) in [5.74, 6) is 6.75. The second-order valence-corrected chi connectivity index (χ2v) is 8.68. The minimum Gasteiger partial charge on any atom is -0.204 e. The van der Waals surface area contributed by atoms with E-state index in [0.29, 0.717) is 11.5 Å². The lowest BCUT2D eigenvalue weighted by atomic mass is 9.73. The highest BCUT2D eigenvalue weighted by Crippen LogP contribution is 2.36. The van der Waals surface area contributed by atoms with Gasteiger partial charge in [0.25, 0.3) is 0 Å². The van der Waals surface area contributed by atoms with Crippen molar-refractivity contribution in [3.63, 3.8) is 0 Å². The monoisotopic (exact) mass is 394 g/mol. The molecular weight excluding hydrogens is 362 g/mol. The molecule has 0 aliphatic heterocycles. The second kappa shape index (κ2) is 10.6. The van der Waals surface area contributed by atoms with Crippen molar-refractivity contribution in [2.24, 2.45) is 17.8 Å². The summed E-state index contributed by atoms with van der Waals surface area (Å²) in [5, 5.41) is 0. The number of rotatable bonds is 6. The first-order valence-electron chi connectivity index (χ1n) is 11.1. The van der Waals surface area contributed by atoms with Crippen LogP contribution in [-0.2, 0) is 6.42 Å². The zero-order valence-corrected chi connectivity index (χ0v) is 17.7. The summed E-state index contributed by atoms with van der Waals surface area (Å²) in [6.45, 7) is 4.68. The summed E-state index contributed by atoms with van der Waals surface area (Å²) in [4.78, 5) is 0. The van der Waals surface area contributed by atoms with Gasteiger partial charge in [-0.05, 0) is 72.9 Å². The van der Waals surface area contributed by atoms with Crippen molar-refractivity contribution < 1.29 is 8.78 Å². The molecule has 3 rings (SSSR count). The van der Waals surface area contributed by atoms with E-state index in [0.717, 1.165) is 36.0 Å². The molecule has 154 valence electrons. The van der Waals surface area contributed by atoms with Gasteiger partial charge in [-0.25, -0.2) is 8.78 Å². The average molecular weight is 395 g/mol. The van der Waals surface area contributed by atoms with Crippen LogP contribution in [0.4, 0.5) is 8.78 Å². The van der Waals surface area contributed by atoms with Gasteiger partial charge in [0.05, 0.1) is 0 Å². The van der Waals surface area contributed by atoms with Gasteiger partial charge in [-0.15, -0.1) is 0 Å². The Hall–Kier alpha value is -2.14. The molecule has 0 heterocycles. The highest BCUT2D eigenvalue weighted by molar-refractivity contribution is 5.43. The van der Waals surface area contributed by atoms with Crippen LogP contribution < -0.4 is 0 Å². The Balaban J connectivity index is 1.52. The van der Waals surface area contributed by atoms with E-state index in [1.165, 1.54) is 56.6 Å². The lowest BCUT2D eigenvalue weighted by Gasteiger charge is -2.32. The van der Waals surface area contributed by atoms with Gasteiger partial charge in [-0.1, -0.05) is 69.9 Å². The average Bonchev–Trinajstić information content (AvgIpc) is 2.74. The van der Waals surface area contributed by atoms with E-state index in [4.69, 9.17) is 0 Å². The van der Waals surface area contributed by atoms with Crippen molar-refractivity contribution >= 4 is 0 Å². The molecule has 1 atom stereocenters. The first kappa shape index (κ1) is 21.6. The topological polar surface area (TPSA) is 0 Å². The van der Waals surface area contributed by atoms with Gasteiger partial charge in [-0.3, -0.25) is 0 Å². The number of hydrogen-bond donors (Lipinski definition) is 0. The molecule has 1 saturated carbocycles. The smallest absolute Gasteiger partial charge is 0.160 e. The van der Waals surface area contributed by atoms with E-state index >= 15 is 0 Å². The molecule has 0 spiro atoms. The summed E-state index contributed by atoms with van der Waals surface area (Å²) in [6, 6.07) is 12.1. The molecule has 0 radical (unpaired) electrons. The lowest BCUT2D eigenvalue weighted by molar-refractivity contribution is 0.205. The van der Waals surface area contributed by atoms with E-state index in [1.54, 1.807) is 0 Å². The molecule has 2 aromatic rings. The van der Waals surface area contributed by atoms with E-state index in [2.05, 4.69) is 37.8 Å². The molecule has 1 aliphatic rings. The van der Waals surface area contributed by atoms with Crippen LogP contribution in [-0.4, -0.2) is 0 Å². The Morgan fingerprint density at radius 2 is 1.55 bits per heavy atom. The Kier molecular flexibility index (Phi) is 7.87. The molecule has 2 heteroatoms. The third kappa shape index (κ3) is 6.43. The molecule has 2 aromatic carbocycles. The first-order chi connectivity index (χ1) is 14.0. The Morgan fingerprint density at radius 1 is 0.897 bits per heavy atom. The molecular formula is C27H32F2. The summed E-state index contributed by atoms with van der Waals surface area (Å²) in [7, 11) is 0. The third-order valence-electron chi connectivity index (χ3n) is 6.44. The molecule has 1 fully saturated rings. The van der Waals surface area contributed by atoms with E-state index in [1.807, 2.05) is 12.1 Å². The van der Waals surface area contributed by atoms with Crippen LogP contribution in [0.2, 0.25) is 0 Å². The molecule has 1 aliphatic carbocycles. The fraction of sp³-hybridized carbons (Fsp3) is 0.481. The summed E-state index contributed by atoms with van der Waals surface area (Å²) in [6.07, 6.45) is 10.8. The van der Waals surface area contributed by atoms with Crippen molar-refractivity contribution in [2.75, 3.05) is 0 Å². The molecule has 0 nitrogen and oxygen atoms in total. The van der Waals surface area contributed by atoms with Crippen LogP contribution in [0.3, 0.4) is 0 Å². The summed E-state index contributed by atoms with van der Waals surface area (Å²) >= 11 is 0. The van der Waals surface area contributed by atoms with Crippen LogP contribution in [0.1, 0.15) is 75.5 Å². The van der Waals surface area contributed by atoms with E-state index in [9.17, 15) is 8.78 Å². The van der Waals surface area contributed by atoms with Crippen molar-refractivity contribution in [1.29, 1.82) is 0 Å². The highest BCUT2D eigenvalue weighted by Gasteiger charge is 2.24. The van der Waals surface area contributed by atoms with Crippen molar-refractivity contribution in [3.05, 3.63) is 70.8 Å². The van der Waals surface area contributed by atoms with Gasteiger partial charge >= 0.3 is 0 Å². The Bertz CT molecular complexity index is 833. The van der Waals surface area contributed by atoms with E-state index < -0.39 is 11.6 Å². The van der Waals surface area contributed by atoms with Gasteiger partial charge in [0.2, 0.25) is 0 Å². The maximum atomic E-state index is 13.3. The van der Waals surface area contributed by atoms with Crippen LogP contribution in [0.15, 0.2) is 42.5 Å². The highest BCUT2D eigenvalue weighted by atomic mass is 19.2. The van der Waals surface area contributed by atoms with Crippen LogP contribution >= 0.6 is 0 Å². The lowest BCUT2D eigenvalue weighted by Crippen LogP contribution is -2.21. The Morgan fingerprint density at radius 3 is 2.21 bits per heavy atom. The molecule has 0 bridgehead atoms. The normalized spacial score (nSPS) is 20.0. The minimum atomic E-state index is -0.861. The SMILES string of the molecule is CCCCC1CCC(C(C)Cc2ccc(C#Cc3ccc(F)c(F)c3)cc2)CC1. The largest absolute Gasteiger partial charge is 0.204 e. The predicted molar refractivity (Wildman–Crippen MR) is 117 cm³/mol. The minimum absolute atomic E-state index is 0.483. The number of halogens is 2.